The second-order valence-corrected chi connectivity index (χ2v) is 9.08. The van der Waals surface area contributed by atoms with Crippen LogP contribution in [-0.4, -0.2) is 79.1 Å². The number of aromatic nitrogens is 1. The van der Waals surface area contributed by atoms with Crippen molar-refractivity contribution in [2.24, 2.45) is 11.3 Å². The number of nitrogens with zero attached hydrogens (tertiary/aromatic N) is 3. The molecule has 3 fully saturated rings. The molecule has 2 amide bonds. The van der Waals surface area contributed by atoms with Crippen LogP contribution < -0.4 is 5.32 Å². The lowest BCUT2D eigenvalue weighted by atomic mass is 9.90. The molecule has 0 aromatic carbocycles. The SMILES string of the molecule is O=C(NCC1CC12CCN(C(=O)CCN1CCOCC1)CC2)c1cc2ccncc2o1. The van der Waals surface area contributed by atoms with E-state index in [1.54, 1.807) is 18.5 Å². The largest absolute Gasteiger partial charge is 0.449 e. The van der Waals surface area contributed by atoms with Gasteiger partial charge >= 0.3 is 0 Å². The van der Waals surface area contributed by atoms with Crippen molar-refractivity contribution in [1.82, 2.24) is 20.1 Å². The van der Waals surface area contributed by atoms with Gasteiger partial charge in [0.15, 0.2) is 11.3 Å². The van der Waals surface area contributed by atoms with Crippen molar-refractivity contribution in [1.29, 1.82) is 0 Å². The Morgan fingerprint density at radius 3 is 2.77 bits per heavy atom. The van der Waals surface area contributed by atoms with E-state index in [9.17, 15) is 9.59 Å². The van der Waals surface area contributed by atoms with Crippen LogP contribution in [-0.2, 0) is 9.53 Å². The zero-order valence-corrected chi connectivity index (χ0v) is 17.8. The maximum Gasteiger partial charge on any atom is 0.287 e. The standard InChI is InChI=1S/C23H30N4O4/c28-21(2-6-26-9-11-30-12-10-26)27-7-3-23(4-8-27)14-18(23)15-25-22(29)19-13-17-1-5-24-16-20(17)31-19/h1,5,13,16,18H,2-4,6-12,14-15H2,(H,25,29). The molecule has 2 aromatic rings. The van der Waals surface area contributed by atoms with E-state index in [-0.39, 0.29) is 11.8 Å². The second kappa shape index (κ2) is 8.59. The average Bonchev–Trinajstić information content (AvgIpc) is 3.28. The van der Waals surface area contributed by atoms with Crippen LogP contribution in [0.3, 0.4) is 0 Å². The summed E-state index contributed by atoms with van der Waals surface area (Å²) in [6.45, 7) is 6.56. The van der Waals surface area contributed by atoms with Crippen LogP contribution in [0, 0.1) is 11.3 Å². The smallest absolute Gasteiger partial charge is 0.287 e. The fourth-order valence-corrected chi connectivity index (χ4v) is 5.07. The number of piperidine rings is 1. The number of fused-ring (bicyclic) bond motifs is 1. The molecule has 0 bridgehead atoms. The number of hydrogen-bond donors (Lipinski definition) is 1. The van der Waals surface area contributed by atoms with Crippen molar-refractivity contribution in [2.45, 2.75) is 25.7 Å². The predicted octanol–water partition coefficient (Wildman–Crippen LogP) is 1.91. The fourth-order valence-electron chi connectivity index (χ4n) is 5.07. The van der Waals surface area contributed by atoms with E-state index in [0.29, 0.717) is 35.6 Å². The van der Waals surface area contributed by atoms with Crippen molar-refractivity contribution in [3.05, 3.63) is 30.3 Å². The molecule has 3 aliphatic rings. The number of ether oxygens (including phenoxy) is 1. The topological polar surface area (TPSA) is 87.9 Å². The quantitative estimate of drug-likeness (QED) is 0.759. The minimum atomic E-state index is -0.172. The van der Waals surface area contributed by atoms with Crippen molar-refractivity contribution in [3.8, 4) is 0 Å². The average molecular weight is 427 g/mol. The van der Waals surface area contributed by atoms with E-state index in [0.717, 1.165) is 70.6 Å². The van der Waals surface area contributed by atoms with Gasteiger partial charge in [0.25, 0.3) is 5.91 Å². The van der Waals surface area contributed by atoms with Crippen molar-refractivity contribution < 1.29 is 18.7 Å². The van der Waals surface area contributed by atoms with Gasteiger partial charge in [-0.25, -0.2) is 0 Å². The van der Waals surface area contributed by atoms with Crippen LogP contribution in [0.2, 0.25) is 0 Å². The van der Waals surface area contributed by atoms with E-state index in [2.05, 4.69) is 15.2 Å². The molecule has 1 spiro atoms. The highest BCUT2D eigenvalue weighted by Crippen LogP contribution is 2.59. The van der Waals surface area contributed by atoms with Gasteiger partial charge in [-0.1, -0.05) is 0 Å². The molecule has 2 saturated heterocycles. The van der Waals surface area contributed by atoms with Gasteiger partial charge in [-0.15, -0.1) is 0 Å². The van der Waals surface area contributed by atoms with Crippen LogP contribution in [0.1, 0.15) is 36.2 Å². The second-order valence-electron chi connectivity index (χ2n) is 9.08. The molecule has 8 heteroatoms. The first-order chi connectivity index (χ1) is 15.1. The minimum absolute atomic E-state index is 0.172. The highest BCUT2D eigenvalue weighted by molar-refractivity contribution is 5.95. The fraction of sp³-hybridized carbons (Fsp3) is 0.609. The van der Waals surface area contributed by atoms with Gasteiger partial charge in [-0.3, -0.25) is 19.5 Å². The number of carbonyl (C=O) groups excluding carboxylic acids is 2. The van der Waals surface area contributed by atoms with Gasteiger partial charge in [-0.2, -0.15) is 0 Å². The Balaban J connectivity index is 1.05. The lowest BCUT2D eigenvalue weighted by molar-refractivity contribution is -0.133. The van der Waals surface area contributed by atoms with E-state index in [1.807, 2.05) is 11.0 Å². The maximum atomic E-state index is 12.6. The lowest BCUT2D eigenvalue weighted by Crippen LogP contribution is -2.43. The van der Waals surface area contributed by atoms with Gasteiger partial charge < -0.3 is 19.4 Å². The summed E-state index contributed by atoms with van der Waals surface area (Å²) in [6.07, 6.45) is 7.11. The number of morpholine rings is 1. The number of pyridine rings is 1. The molecule has 1 N–H and O–H groups in total. The predicted molar refractivity (Wildman–Crippen MR) is 115 cm³/mol. The number of carbonyl (C=O) groups is 2. The molecule has 8 nitrogen and oxygen atoms in total. The molecule has 31 heavy (non-hydrogen) atoms. The summed E-state index contributed by atoms with van der Waals surface area (Å²) < 4.78 is 11.0. The number of nitrogens with one attached hydrogen (secondary N) is 1. The summed E-state index contributed by atoms with van der Waals surface area (Å²) in [5.74, 6) is 0.923. The van der Waals surface area contributed by atoms with Crippen molar-refractivity contribution in [3.63, 3.8) is 0 Å². The third-order valence-electron chi connectivity index (χ3n) is 7.27. The molecule has 2 aromatic heterocycles. The Hall–Kier alpha value is -2.45. The normalized spacial score (nSPS) is 23.2. The third kappa shape index (κ3) is 4.45. The molecule has 5 rings (SSSR count). The first-order valence-electron chi connectivity index (χ1n) is 11.3. The number of likely N-dealkylation sites (tertiary alicyclic amines) is 1. The maximum absolute atomic E-state index is 12.6. The molecule has 4 heterocycles. The van der Waals surface area contributed by atoms with Gasteiger partial charge in [0.1, 0.15) is 0 Å². The van der Waals surface area contributed by atoms with Gasteiger partial charge in [0.2, 0.25) is 5.91 Å². The molecule has 2 aliphatic heterocycles. The summed E-state index contributed by atoms with van der Waals surface area (Å²) in [4.78, 5) is 33.4. The summed E-state index contributed by atoms with van der Waals surface area (Å²) in [7, 11) is 0. The number of furan rings is 1. The molecule has 1 saturated carbocycles. The van der Waals surface area contributed by atoms with Crippen molar-refractivity contribution in [2.75, 3.05) is 52.5 Å². The molecule has 0 radical (unpaired) electrons. The highest BCUT2D eigenvalue weighted by atomic mass is 16.5. The summed E-state index contributed by atoms with van der Waals surface area (Å²) >= 11 is 0. The van der Waals surface area contributed by atoms with Gasteiger partial charge in [-0.05, 0) is 42.7 Å². The van der Waals surface area contributed by atoms with Crippen molar-refractivity contribution >= 4 is 22.8 Å². The minimum Gasteiger partial charge on any atom is -0.449 e. The number of hydrogen-bond acceptors (Lipinski definition) is 6. The Morgan fingerprint density at radius 2 is 2.00 bits per heavy atom. The number of amides is 2. The van der Waals surface area contributed by atoms with E-state index < -0.39 is 0 Å². The molecule has 1 aliphatic carbocycles. The molecule has 1 unspecified atom stereocenters. The molecular formula is C23H30N4O4. The Bertz CT molecular complexity index is 911. The van der Waals surface area contributed by atoms with Gasteiger partial charge in [0.05, 0.1) is 19.4 Å². The highest BCUT2D eigenvalue weighted by Gasteiger charge is 2.54. The Kier molecular flexibility index (Phi) is 5.67. The van der Waals surface area contributed by atoms with Gasteiger partial charge in [0, 0.05) is 57.3 Å². The van der Waals surface area contributed by atoms with Crippen LogP contribution >= 0.6 is 0 Å². The van der Waals surface area contributed by atoms with Crippen LogP contribution in [0.4, 0.5) is 0 Å². The summed E-state index contributed by atoms with van der Waals surface area (Å²) in [5, 5.41) is 3.92. The first kappa shape index (κ1) is 20.5. The molecular weight excluding hydrogens is 396 g/mol. The zero-order chi connectivity index (χ0) is 21.3. The lowest BCUT2D eigenvalue weighted by Gasteiger charge is -2.34. The van der Waals surface area contributed by atoms with E-state index in [4.69, 9.17) is 9.15 Å². The molecule has 1 atom stereocenters. The zero-order valence-electron chi connectivity index (χ0n) is 17.8. The summed E-state index contributed by atoms with van der Waals surface area (Å²) in [5.41, 5.74) is 0.924. The van der Waals surface area contributed by atoms with Crippen LogP contribution in [0.15, 0.2) is 28.9 Å². The monoisotopic (exact) mass is 426 g/mol. The first-order valence-corrected chi connectivity index (χ1v) is 11.3. The molecule has 166 valence electrons. The van der Waals surface area contributed by atoms with E-state index >= 15 is 0 Å². The number of rotatable bonds is 6. The third-order valence-corrected chi connectivity index (χ3v) is 7.27. The van der Waals surface area contributed by atoms with Crippen LogP contribution in [0.25, 0.3) is 11.0 Å². The summed E-state index contributed by atoms with van der Waals surface area (Å²) in [6, 6.07) is 3.59. The van der Waals surface area contributed by atoms with E-state index in [1.165, 1.54) is 0 Å². The Morgan fingerprint density at radius 1 is 1.19 bits per heavy atom. The Labute approximate surface area is 181 Å². The van der Waals surface area contributed by atoms with Crippen LogP contribution in [0.5, 0.6) is 0 Å².